The van der Waals surface area contributed by atoms with E-state index >= 15 is 0 Å². The number of fused-ring (bicyclic) bond motifs is 1. The van der Waals surface area contributed by atoms with Gasteiger partial charge in [-0.1, -0.05) is 29.3 Å². The lowest BCUT2D eigenvalue weighted by Gasteiger charge is -2.12. The molecule has 0 saturated heterocycles. The largest absolute Gasteiger partial charge is 0.296 e. The molecule has 0 atom stereocenters. The molecule has 3 rings (SSSR count). The van der Waals surface area contributed by atoms with Crippen LogP contribution in [0.5, 0.6) is 0 Å². The summed E-state index contributed by atoms with van der Waals surface area (Å²) in [6, 6.07) is 11.5. The third kappa shape index (κ3) is 2.76. The van der Waals surface area contributed by atoms with Crippen LogP contribution >= 0.6 is 34.8 Å². The molecular weight excluding hydrogens is 327 g/mol. The minimum absolute atomic E-state index is 0.511. The quantitative estimate of drug-likeness (QED) is 0.582. The molecule has 0 unspecified atom stereocenters. The lowest BCUT2D eigenvalue weighted by atomic mass is 10.2. The minimum atomic E-state index is 0.511. The Morgan fingerprint density at radius 3 is 2.52 bits per heavy atom. The number of aromatic nitrogens is 2. The van der Waals surface area contributed by atoms with Crippen molar-refractivity contribution in [3.63, 3.8) is 0 Å². The Hall–Kier alpha value is -1.22. The number of halogens is 3. The summed E-state index contributed by atoms with van der Waals surface area (Å²) >= 11 is 18.2. The van der Waals surface area contributed by atoms with Gasteiger partial charge in [-0.05, 0) is 42.8 Å². The predicted octanol–water partition coefficient (Wildman–Crippen LogP) is 5.42. The SMILES string of the molecule is Cc1ccc(Cl)cc1-n1c(CCCl)nc2ccc(Cl)cc21. The van der Waals surface area contributed by atoms with Crippen LogP contribution in [0.25, 0.3) is 16.7 Å². The van der Waals surface area contributed by atoms with Crippen molar-refractivity contribution < 1.29 is 0 Å². The highest BCUT2D eigenvalue weighted by Gasteiger charge is 2.14. The van der Waals surface area contributed by atoms with Gasteiger partial charge < -0.3 is 0 Å². The lowest BCUT2D eigenvalue weighted by molar-refractivity contribution is 0.907. The second-order valence-electron chi connectivity index (χ2n) is 4.87. The molecule has 0 aliphatic rings. The van der Waals surface area contributed by atoms with Gasteiger partial charge in [-0.2, -0.15) is 0 Å². The highest BCUT2D eigenvalue weighted by molar-refractivity contribution is 6.31. The van der Waals surface area contributed by atoms with Crippen molar-refractivity contribution >= 4 is 45.8 Å². The van der Waals surface area contributed by atoms with Crippen LogP contribution in [0.1, 0.15) is 11.4 Å². The van der Waals surface area contributed by atoms with Crippen LogP contribution < -0.4 is 0 Å². The van der Waals surface area contributed by atoms with E-state index in [0.29, 0.717) is 22.3 Å². The van der Waals surface area contributed by atoms with Crippen molar-refractivity contribution in [2.75, 3.05) is 5.88 Å². The molecule has 0 bridgehead atoms. The molecule has 0 radical (unpaired) electrons. The Bertz CT molecular complexity index is 809. The number of alkyl halides is 1. The number of hydrogen-bond acceptors (Lipinski definition) is 1. The minimum Gasteiger partial charge on any atom is -0.296 e. The Morgan fingerprint density at radius 2 is 1.76 bits per heavy atom. The van der Waals surface area contributed by atoms with E-state index in [-0.39, 0.29) is 0 Å². The van der Waals surface area contributed by atoms with Crippen molar-refractivity contribution in [2.45, 2.75) is 13.3 Å². The maximum Gasteiger partial charge on any atom is 0.115 e. The molecule has 5 heteroatoms. The fraction of sp³-hybridized carbons (Fsp3) is 0.188. The second-order valence-corrected chi connectivity index (χ2v) is 6.12. The normalized spacial score (nSPS) is 11.2. The van der Waals surface area contributed by atoms with Crippen LogP contribution in [0.3, 0.4) is 0 Å². The Morgan fingerprint density at radius 1 is 1.05 bits per heavy atom. The Labute approximate surface area is 138 Å². The molecule has 3 aromatic rings. The van der Waals surface area contributed by atoms with Gasteiger partial charge in [-0.25, -0.2) is 4.98 Å². The Kier molecular flexibility index (Phi) is 4.12. The molecule has 0 aliphatic carbocycles. The number of benzene rings is 2. The van der Waals surface area contributed by atoms with Gasteiger partial charge in [0.2, 0.25) is 0 Å². The van der Waals surface area contributed by atoms with Gasteiger partial charge in [0.05, 0.1) is 16.7 Å². The third-order valence-electron chi connectivity index (χ3n) is 3.42. The van der Waals surface area contributed by atoms with E-state index < -0.39 is 0 Å². The first-order valence-corrected chi connectivity index (χ1v) is 7.88. The first kappa shape index (κ1) is 14.7. The smallest absolute Gasteiger partial charge is 0.115 e. The van der Waals surface area contributed by atoms with E-state index in [1.807, 2.05) is 43.3 Å². The first-order valence-electron chi connectivity index (χ1n) is 6.59. The van der Waals surface area contributed by atoms with Crippen LogP contribution in [0.15, 0.2) is 36.4 Å². The molecular formula is C16H13Cl3N2. The zero-order chi connectivity index (χ0) is 15.0. The first-order chi connectivity index (χ1) is 10.1. The van der Waals surface area contributed by atoms with E-state index in [0.717, 1.165) is 28.1 Å². The zero-order valence-electron chi connectivity index (χ0n) is 11.4. The monoisotopic (exact) mass is 338 g/mol. The van der Waals surface area contributed by atoms with Crippen molar-refractivity contribution in [3.05, 3.63) is 57.8 Å². The van der Waals surface area contributed by atoms with Gasteiger partial charge >= 0.3 is 0 Å². The van der Waals surface area contributed by atoms with Crippen LogP contribution in [0.4, 0.5) is 0 Å². The molecule has 1 aromatic heterocycles. The summed E-state index contributed by atoms with van der Waals surface area (Å²) in [5, 5.41) is 1.37. The van der Waals surface area contributed by atoms with E-state index in [1.54, 1.807) is 0 Å². The molecule has 0 aliphatic heterocycles. The average Bonchev–Trinajstić information content (AvgIpc) is 2.79. The number of imidazole rings is 1. The van der Waals surface area contributed by atoms with Gasteiger partial charge in [0, 0.05) is 22.3 Å². The fourth-order valence-corrected chi connectivity index (χ4v) is 2.94. The van der Waals surface area contributed by atoms with Crippen molar-refractivity contribution in [1.82, 2.24) is 9.55 Å². The molecule has 0 spiro atoms. The van der Waals surface area contributed by atoms with E-state index in [2.05, 4.69) is 9.55 Å². The standard InChI is InChI=1S/C16H13Cl3N2/c1-10-2-3-11(18)8-14(10)21-15-9-12(19)4-5-13(15)20-16(21)6-7-17/h2-5,8-9H,6-7H2,1H3. The Balaban J connectivity index is 2.35. The topological polar surface area (TPSA) is 17.8 Å². The van der Waals surface area contributed by atoms with Gasteiger partial charge in [-0.3, -0.25) is 4.57 Å². The summed E-state index contributed by atoms with van der Waals surface area (Å²) in [7, 11) is 0. The summed E-state index contributed by atoms with van der Waals surface area (Å²) in [5.41, 5.74) is 3.99. The van der Waals surface area contributed by atoms with Crippen molar-refractivity contribution in [2.24, 2.45) is 0 Å². The summed E-state index contributed by atoms with van der Waals surface area (Å²) in [6.45, 7) is 2.05. The second kappa shape index (κ2) is 5.88. The van der Waals surface area contributed by atoms with Crippen LogP contribution in [0.2, 0.25) is 10.0 Å². The number of hydrogen-bond donors (Lipinski definition) is 0. The molecule has 0 amide bonds. The summed E-state index contributed by atoms with van der Waals surface area (Å²) in [5.74, 6) is 1.42. The van der Waals surface area contributed by atoms with Crippen LogP contribution in [-0.2, 0) is 6.42 Å². The molecule has 2 nitrogen and oxygen atoms in total. The molecule has 0 N–H and O–H groups in total. The molecule has 2 aromatic carbocycles. The fourth-order valence-electron chi connectivity index (χ4n) is 2.44. The number of aryl methyl sites for hydroxylation is 2. The molecule has 21 heavy (non-hydrogen) atoms. The predicted molar refractivity (Wildman–Crippen MR) is 90.3 cm³/mol. The van der Waals surface area contributed by atoms with E-state index in [4.69, 9.17) is 34.8 Å². The summed E-state index contributed by atoms with van der Waals surface area (Å²) < 4.78 is 2.09. The van der Waals surface area contributed by atoms with E-state index in [1.165, 1.54) is 0 Å². The highest BCUT2D eigenvalue weighted by atomic mass is 35.5. The van der Waals surface area contributed by atoms with Crippen molar-refractivity contribution in [3.8, 4) is 5.69 Å². The van der Waals surface area contributed by atoms with Crippen LogP contribution in [-0.4, -0.2) is 15.4 Å². The highest BCUT2D eigenvalue weighted by Crippen LogP contribution is 2.28. The maximum atomic E-state index is 6.16. The van der Waals surface area contributed by atoms with Gasteiger partial charge in [0.15, 0.2) is 0 Å². The van der Waals surface area contributed by atoms with Gasteiger partial charge in [0.25, 0.3) is 0 Å². The summed E-state index contributed by atoms with van der Waals surface area (Å²) in [4.78, 5) is 4.67. The zero-order valence-corrected chi connectivity index (χ0v) is 13.7. The molecule has 0 fully saturated rings. The number of nitrogens with zero attached hydrogens (tertiary/aromatic N) is 2. The van der Waals surface area contributed by atoms with Gasteiger partial charge in [0.1, 0.15) is 5.82 Å². The van der Waals surface area contributed by atoms with Crippen LogP contribution in [0, 0.1) is 6.92 Å². The van der Waals surface area contributed by atoms with Gasteiger partial charge in [-0.15, -0.1) is 11.6 Å². The average molecular weight is 340 g/mol. The van der Waals surface area contributed by atoms with Crippen molar-refractivity contribution in [1.29, 1.82) is 0 Å². The number of rotatable bonds is 3. The lowest BCUT2D eigenvalue weighted by Crippen LogP contribution is -2.04. The molecule has 1 heterocycles. The molecule has 0 saturated carbocycles. The molecule has 108 valence electrons. The van der Waals surface area contributed by atoms with E-state index in [9.17, 15) is 0 Å². The summed E-state index contributed by atoms with van der Waals surface area (Å²) in [6.07, 6.45) is 0.680. The maximum absolute atomic E-state index is 6.16. The third-order valence-corrected chi connectivity index (χ3v) is 4.08.